The highest BCUT2D eigenvalue weighted by molar-refractivity contribution is 6.21. The van der Waals surface area contributed by atoms with Gasteiger partial charge in [-0.15, -0.1) is 11.6 Å². The number of fused-ring (bicyclic) bond motifs is 1. The molecule has 21 heavy (non-hydrogen) atoms. The summed E-state index contributed by atoms with van der Waals surface area (Å²) in [4.78, 5) is 25.1. The van der Waals surface area contributed by atoms with Crippen molar-refractivity contribution in [1.82, 2.24) is 4.90 Å². The molecule has 5 heteroatoms. The van der Waals surface area contributed by atoms with Gasteiger partial charge in [0.1, 0.15) is 0 Å². The lowest BCUT2D eigenvalue weighted by Gasteiger charge is -2.28. The first-order valence-electron chi connectivity index (χ1n) is 7.27. The second-order valence-corrected chi connectivity index (χ2v) is 6.13. The number of rotatable bonds is 2. The van der Waals surface area contributed by atoms with Crippen molar-refractivity contribution >= 4 is 23.4 Å². The third-order valence-corrected chi connectivity index (χ3v) is 4.78. The molecule has 1 aromatic rings. The third-order valence-electron chi connectivity index (χ3n) is 4.24. The van der Waals surface area contributed by atoms with Gasteiger partial charge in [0.15, 0.2) is 0 Å². The topological polar surface area (TPSA) is 46.6 Å². The maximum absolute atomic E-state index is 12.2. The van der Waals surface area contributed by atoms with E-state index in [9.17, 15) is 9.59 Å². The van der Waals surface area contributed by atoms with Crippen molar-refractivity contribution in [3.63, 3.8) is 0 Å². The Hall–Kier alpha value is -1.39. The second-order valence-electron chi connectivity index (χ2n) is 5.66. The Labute approximate surface area is 129 Å². The standard InChI is InChI=1S/C16H18ClNO3/c1-18-14(19)9-10-5-6-11(8-12(10)16(18)20)15(17)13-4-2-3-7-21-13/h5-6,8,13,15H,2-4,7,9H2,1H3. The van der Waals surface area contributed by atoms with Crippen molar-refractivity contribution in [2.75, 3.05) is 13.7 Å². The molecule has 0 aliphatic carbocycles. The zero-order valence-electron chi connectivity index (χ0n) is 12.0. The van der Waals surface area contributed by atoms with E-state index in [-0.39, 0.29) is 29.7 Å². The van der Waals surface area contributed by atoms with Gasteiger partial charge in [-0.1, -0.05) is 12.1 Å². The van der Waals surface area contributed by atoms with Crippen molar-refractivity contribution in [3.8, 4) is 0 Å². The maximum atomic E-state index is 12.2. The second kappa shape index (κ2) is 5.78. The molecule has 2 aliphatic rings. The Morgan fingerprint density at radius 2 is 2.14 bits per heavy atom. The van der Waals surface area contributed by atoms with Crippen molar-refractivity contribution in [3.05, 3.63) is 34.9 Å². The lowest BCUT2D eigenvalue weighted by atomic mass is 9.93. The first-order valence-corrected chi connectivity index (χ1v) is 7.71. The first-order chi connectivity index (χ1) is 10.1. The molecule has 0 spiro atoms. The van der Waals surface area contributed by atoms with Gasteiger partial charge in [0.05, 0.1) is 17.9 Å². The summed E-state index contributed by atoms with van der Waals surface area (Å²) in [6.07, 6.45) is 3.41. The van der Waals surface area contributed by atoms with Gasteiger partial charge in [-0.25, -0.2) is 0 Å². The molecule has 0 radical (unpaired) electrons. The van der Waals surface area contributed by atoms with Crippen LogP contribution in [0.5, 0.6) is 0 Å². The number of halogens is 1. The summed E-state index contributed by atoms with van der Waals surface area (Å²) in [5, 5.41) is -0.258. The van der Waals surface area contributed by atoms with Crippen LogP contribution in [-0.2, 0) is 16.0 Å². The normalized spacial score (nSPS) is 23.9. The number of hydrogen-bond donors (Lipinski definition) is 0. The van der Waals surface area contributed by atoms with Crippen LogP contribution in [0.25, 0.3) is 0 Å². The fourth-order valence-corrected chi connectivity index (χ4v) is 3.24. The lowest BCUT2D eigenvalue weighted by molar-refractivity contribution is -0.127. The molecule has 2 unspecified atom stereocenters. The highest BCUT2D eigenvalue weighted by Crippen LogP contribution is 2.33. The number of amides is 2. The summed E-state index contributed by atoms with van der Waals surface area (Å²) in [5.74, 6) is -0.421. The predicted octanol–water partition coefficient (Wildman–Crippen LogP) is 2.69. The van der Waals surface area contributed by atoms with Gasteiger partial charge in [0.25, 0.3) is 5.91 Å². The number of nitrogens with zero attached hydrogens (tertiary/aromatic N) is 1. The van der Waals surface area contributed by atoms with Gasteiger partial charge in [-0.3, -0.25) is 14.5 Å². The van der Waals surface area contributed by atoms with Gasteiger partial charge in [0.2, 0.25) is 5.91 Å². The molecule has 112 valence electrons. The SMILES string of the molecule is CN1C(=O)Cc2ccc(C(Cl)C3CCCCO3)cc2C1=O. The highest BCUT2D eigenvalue weighted by atomic mass is 35.5. The molecule has 0 N–H and O–H groups in total. The summed E-state index contributed by atoms with van der Waals surface area (Å²) in [6.45, 7) is 0.745. The van der Waals surface area contributed by atoms with Crippen LogP contribution in [0.4, 0.5) is 0 Å². The van der Waals surface area contributed by atoms with Gasteiger partial charge >= 0.3 is 0 Å². The lowest BCUT2D eigenvalue weighted by Crippen LogP contribution is -2.39. The van der Waals surface area contributed by atoms with Crippen LogP contribution in [0.3, 0.4) is 0 Å². The monoisotopic (exact) mass is 307 g/mol. The zero-order valence-corrected chi connectivity index (χ0v) is 12.7. The molecule has 2 atom stereocenters. The predicted molar refractivity (Wildman–Crippen MR) is 79.4 cm³/mol. The molecule has 1 saturated heterocycles. The van der Waals surface area contributed by atoms with E-state index in [0.717, 1.165) is 37.0 Å². The van der Waals surface area contributed by atoms with E-state index >= 15 is 0 Å². The van der Waals surface area contributed by atoms with E-state index in [4.69, 9.17) is 16.3 Å². The first kappa shape index (κ1) is 14.5. The molecule has 3 rings (SSSR count). The highest BCUT2D eigenvalue weighted by Gasteiger charge is 2.30. The molecule has 1 fully saturated rings. The summed E-state index contributed by atoms with van der Waals surface area (Å²) in [7, 11) is 1.52. The van der Waals surface area contributed by atoms with Gasteiger partial charge in [0, 0.05) is 19.2 Å². The van der Waals surface area contributed by atoms with Gasteiger partial charge in [-0.05, 0) is 36.5 Å². The summed E-state index contributed by atoms with van der Waals surface area (Å²) in [6, 6.07) is 5.56. The Morgan fingerprint density at radius 3 is 2.86 bits per heavy atom. The fourth-order valence-electron chi connectivity index (χ4n) is 2.91. The Morgan fingerprint density at radius 1 is 1.33 bits per heavy atom. The van der Waals surface area contributed by atoms with Gasteiger partial charge in [-0.2, -0.15) is 0 Å². The molecular weight excluding hydrogens is 290 g/mol. The van der Waals surface area contributed by atoms with Crippen molar-refractivity contribution < 1.29 is 14.3 Å². The molecule has 2 aliphatic heterocycles. The number of imide groups is 1. The number of likely N-dealkylation sites (N-methyl/N-ethyl adjacent to an activating group) is 1. The van der Waals surface area contributed by atoms with E-state index < -0.39 is 0 Å². The summed E-state index contributed by atoms with van der Waals surface area (Å²) in [5.41, 5.74) is 2.25. The van der Waals surface area contributed by atoms with Crippen LogP contribution in [0.2, 0.25) is 0 Å². The molecule has 2 amide bonds. The molecule has 0 bridgehead atoms. The van der Waals surface area contributed by atoms with E-state index in [1.165, 1.54) is 11.9 Å². The van der Waals surface area contributed by atoms with E-state index in [1.54, 1.807) is 0 Å². The van der Waals surface area contributed by atoms with E-state index in [1.807, 2.05) is 18.2 Å². The largest absolute Gasteiger partial charge is 0.376 e. The Kier molecular flexibility index (Phi) is 4.00. The molecular formula is C16H18ClNO3. The Balaban J connectivity index is 1.88. The van der Waals surface area contributed by atoms with Crippen molar-refractivity contribution in [1.29, 1.82) is 0 Å². The minimum absolute atomic E-state index is 0.00322. The van der Waals surface area contributed by atoms with Crippen LogP contribution < -0.4 is 0 Å². The van der Waals surface area contributed by atoms with E-state index in [0.29, 0.717) is 5.56 Å². The number of carbonyl (C=O) groups is 2. The van der Waals surface area contributed by atoms with Crippen LogP contribution in [-0.4, -0.2) is 36.5 Å². The smallest absolute Gasteiger partial charge is 0.260 e. The van der Waals surface area contributed by atoms with Crippen molar-refractivity contribution in [2.45, 2.75) is 37.2 Å². The quantitative estimate of drug-likeness (QED) is 0.623. The van der Waals surface area contributed by atoms with Crippen LogP contribution >= 0.6 is 11.6 Å². The van der Waals surface area contributed by atoms with Gasteiger partial charge < -0.3 is 4.74 Å². The molecule has 0 saturated carbocycles. The van der Waals surface area contributed by atoms with E-state index in [2.05, 4.69) is 0 Å². The molecule has 2 heterocycles. The molecule has 0 aromatic heterocycles. The average molecular weight is 308 g/mol. The number of ether oxygens (including phenoxy) is 1. The molecule has 4 nitrogen and oxygen atoms in total. The van der Waals surface area contributed by atoms with Crippen molar-refractivity contribution in [2.24, 2.45) is 0 Å². The van der Waals surface area contributed by atoms with Crippen LogP contribution in [0, 0.1) is 0 Å². The number of benzene rings is 1. The summed E-state index contributed by atoms with van der Waals surface area (Å²) < 4.78 is 5.72. The summed E-state index contributed by atoms with van der Waals surface area (Å²) >= 11 is 6.52. The average Bonchev–Trinajstić information content (AvgIpc) is 2.53. The third kappa shape index (κ3) is 2.70. The minimum Gasteiger partial charge on any atom is -0.376 e. The Bertz CT molecular complexity index is 581. The minimum atomic E-state index is -0.258. The van der Waals surface area contributed by atoms with Crippen LogP contribution in [0.15, 0.2) is 18.2 Å². The fraction of sp³-hybridized carbons (Fsp3) is 0.500. The maximum Gasteiger partial charge on any atom is 0.260 e. The zero-order chi connectivity index (χ0) is 15.0. The number of carbonyl (C=O) groups excluding carboxylic acids is 2. The number of alkyl halides is 1. The van der Waals surface area contributed by atoms with Crippen LogP contribution in [0.1, 0.15) is 46.1 Å². The number of hydrogen-bond acceptors (Lipinski definition) is 3. The molecule has 1 aromatic carbocycles.